The molecule has 0 aliphatic rings. The van der Waals surface area contributed by atoms with Crippen molar-refractivity contribution in [3.05, 3.63) is 30.5 Å². The molecule has 0 amide bonds. The summed E-state index contributed by atoms with van der Waals surface area (Å²) in [5, 5.41) is 9.30. The summed E-state index contributed by atoms with van der Waals surface area (Å²) >= 11 is 0. The number of hydrogen-bond acceptors (Lipinski definition) is 5. The van der Waals surface area contributed by atoms with Crippen LogP contribution in [0.2, 0.25) is 0 Å². The molecule has 0 saturated heterocycles. The van der Waals surface area contributed by atoms with Crippen LogP contribution in [0, 0.1) is 11.3 Å². The topological polar surface area (TPSA) is 80.0 Å². The molecule has 0 radical (unpaired) electrons. The predicted molar refractivity (Wildman–Crippen MR) is 75.1 cm³/mol. The summed E-state index contributed by atoms with van der Waals surface area (Å²) in [4.78, 5) is 4.09. The Labute approximate surface area is 121 Å². The zero-order valence-electron chi connectivity index (χ0n) is 10.6. The number of hydrogen-bond donors (Lipinski definition) is 0. The first-order valence-corrected chi connectivity index (χ1v) is 8.17. The van der Waals surface area contributed by atoms with Crippen LogP contribution in [-0.2, 0) is 9.05 Å². The van der Waals surface area contributed by atoms with Crippen LogP contribution in [0.5, 0.6) is 5.75 Å². The standard InChI is InChI=1S/C13H11ClN2O3S/c1-2-9(8-15)19-11-5-6-12(20(14,17)18)10-4-3-7-16-13(10)11/h3-7,9H,2H2,1H3. The SMILES string of the molecule is CCC(C#N)Oc1ccc(S(=O)(=O)Cl)c2cccnc12. The molecule has 0 spiro atoms. The van der Waals surface area contributed by atoms with Crippen molar-refractivity contribution in [2.24, 2.45) is 0 Å². The van der Waals surface area contributed by atoms with Gasteiger partial charge in [-0.25, -0.2) is 8.42 Å². The Balaban J connectivity index is 2.64. The van der Waals surface area contributed by atoms with Crippen LogP contribution in [0.15, 0.2) is 35.4 Å². The fraction of sp³-hybridized carbons (Fsp3) is 0.231. The van der Waals surface area contributed by atoms with Gasteiger partial charge in [0, 0.05) is 22.3 Å². The molecule has 1 aromatic heterocycles. The van der Waals surface area contributed by atoms with E-state index in [0.29, 0.717) is 23.1 Å². The van der Waals surface area contributed by atoms with Crippen LogP contribution in [0.25, 0.3) is 10.9 Å². The molecule has 0 N–H and O–H groups in total. The van der Waals surface area contributed by atoms with Crippen molar-refractivity contribution in [3.8, 4) is 11.8 Å². The van der Waals surface area contributed by atoms with Crippen LogP contribution < -0.4 is 4.74 Å². The zero-order valence-corrected chi connectivity index (χ0v) is 12.1. The van der Waals surface area contributed by atoms with Gasteiger partial charge in [-0.2, -0.15) is 5.26 Å². The molecule has 104 valence electrons. The molecule has 2 rings (SSSR count). The maximum atomic E-state index is 11.5. The van der Waals surface area contributed by atoms with Crippen molar-refractivity contribution in [1.29, 1.82) is 5.26 Å². The number of halogens is 1. The van der Waals surface area contributed by atoms with Gasteiger partial charge in [-0.1, -0.05) is 6.92 Å². The van der Waals surface area contributed by atoms with Crippen molar-refractivity contribution < 1.29 is 13.2 Å². The second-order valence-electron chi connectivity index (χ2n) is 4.04. The largest absolute Gasteiger partial charge is 0.473 e. The first kappa shape index (κ1) is 14.6. The van der Waals surface area contributed by atoms with Crippen LogP contribution in [0.1, 0.15) is 13.3 Å². The molecule has 1 heterocycles. The molecule has 2 aromatic rings. The summed E-state index contributed by atoms with van der Waals surface area (Å²) in [7, 11) is 1.53. The maximum Gasteiger partial charge on any atom is 0.261 e. The van der Waals surface area contributed by atoms with Gasteiger partial charge in [-0.15, -0.1) is 0 Å². The minimum Gasteiger partial charge on any atom is -0.473 e. The van der Waals surface area contributed by atoms with Gasteiger partial charge in [0.1, 0.15) is 17.3 Å². The lowest BCUT2D eigenvalue weighted by Crippen LogP contribution is -2.12. The molecule has 1 atom stereocenters. The number of nitrogens with zero attached hydrogens (tertiary/aromatic N) is 2. The van der Waals surface area contributed by atoms with E-state index < -0.39 is 15.2 Å². The Morgan fingerprint density at radius 1 is 1.45 bits per heavy atom. The van der Waals surface area contributed by atoms with E-state index in [4.69, 9.17) is 20.7 Å². The lowest BCUT2D eigenvalue weighted by Gasteiger charge is -2.13. The molecule has 1 unspecified atom stereocenters. The fourth-order valence-corrected chi connectivity index (χ4v) is 2.84. The second-order valence-corrected chi connectivity index (χ2v) is 6.58. The molecule has 0 aliphatic carbocycles. The Hall–Kier alpha value is -1.84. The highest BCUT2D eigenvalue weighted by Crippen LogP contribution is 2.31. The lowest BCUT2D eigenvalue weighted by molar-refractivity contribution is 0.254. The normalized spacial score (nSPS) is 12.8. The molecule has 0 saturated carbocycles. The molecule has 5 nitrogen and oxygen atoms in total. The first-order chi connectivity index (χ1) is 9.47. The number of nitriles is 1. The first-order valence-electron chi connectivity index (χ1n) is 5.86. The molecule has 20 heavy (non-hydrogen) atoms. The van der Waals surface area contributed by atoms with Crippen molar-refractivity contribution in [1.82, 2.24) is 4.98 Å². The van der Waals surface area contributed by atoms with Crippen molar-refractivity contribution in [2.75, 3.05) is 0 Å². The van der Waals surface area contributed by atoms with E-state index >= 15 is 0 Å². The third-order valence-corrected chi connectivity index (χ3v) is 4.12. The second kappa shape index (κ2) is 5.65. The van der Waals surface area contributed by atoms with E-state index in [2.05, 4.69) is 4.98 Å². The Bertz CT molecular complexity index is 784. The smallest absolute Gasteiger partial charge is 0.261 e. The average molecular weight is 311 g/mol. The minimum atomic E-state index is -3.87. The van der Waals surface area contributed by atoms with Crippen molar-refractivity contribution in [2.45, 2.75) is 24.3 Å². The molecule has 0 fully saturated rings. The number of rotatable bonds is 4. The van der Waals surface area contributed by atoms with Crippen LogP contribution >= 0.6 is 10.7 Å². The van der Waals surface area contributed by atoms with Crippen molar-refractivity contribution >= 4 is 30.6 Å². The maximum absolute atomic E-state index is 11.5. The van der Waals surface area contributed by atoms with Gasteiger partial charge in [0.25, 0.3) is 9.05 Å². The van der Waals surface area contributed by atoms with E-state index in [9.17, 15) is 8.42 Å². The van der Waals surface area contributed by atoms with Crippen LogP contribution in [0.4, 0.5) is 0 Å². The molecule has 0 bridgehead atoms. The van der Waals surface area contributed by atoms with E-state index in [1.807, 2.05) is 13.0 Å². The molecule has 0 aliphatic heterocycles. The number of aromatic nitrogens is 1. The minimum absolute atomic E-state index is 0.0281. The van der Waals surface area contributed by atoms with Gasteiger partial charge in [0.2, 0.25) is 0 Å². The lowest BCUT2D eigenvalue weighted by atomic mass is 10.2. The third-order valence-electron chi connectivity index (χ3n) is 2.74. The Morgan fingerprint density at radius 3 is 2.80 bits per heavy atom. The summed E-state index contributed by atoms with van der Waals surface area (Å²) in [5.74, 6) is 0.359. The Kier molecular flexibility index (Phi) is 4.12. The Morgan fingerprint density at radius 2 is 2.20 bits per heavy atom. The van der Waals surface area contributed by atoms with Gasteiger partial charge in [-0.3, -0.25) is 4.98 Å². The quantitative estimate of drug-likeness (QED) is 0.811. The summed E-state index contributed by atoms with van der Waals surface area (Å²) in [6.45, 7) is 1.82. The number of fused-ring (bicyclic) bond motifs is 1. The van der Waals surface area contributed by atoms with Crippen LogP contribution in [-0.4, -0.2) is 19.5 Å². The predicted octanol–water partition coefficient (Wildman–Crippen LogP) is 2.84. The van der Waals surface area contributed by atoms with Crippen LogP contribution in [0.3, 0.4) is 0 Å². The van der Waals surface area contributed by atoms with E-state index in [1.165, 1.54) is 18.3 Å². The fourth-order valence-electron chi connectivity index (χ4n) is 1.78. The summed E-state index contributed by atoms with van der Waals surface area (Å²) in [5.41, 5.74) is 0.364. The number of pyridine rings is 1. The highest BCUT2D eigenvalue weighted by Gasteiger charge is 2.18. The van der Waals surface area contributed by atoms with Crippen molar-refractivity contribution in [3.63, 3.8) is 0 Å². The summed E-state index contributed by atoms with van der Waals surface area (Å²) < 4.78 is 28.6. The van der Waals surface area contributed by atoms with Gasteiger partial charge in [0.05, 0.1) is 4.90 Å². The summed E-state index contributed by atoms with van der Waals surface area (Å²) in [6, 6.07) is 8.04. The molecular weight excluding hydrogens is 300 g/mol. The van der Waals surface area contributed by atoms with Gasteiger partial charge in [0.15, 0.2) is 6.10 Å². The van der Waals surface area contributed by atoms with Gasteiger partial charge >= 0.3 is 0 Å². The molecule has 7 heteroatoms. The molecular formula is C13H11ClN2O3S. The molecule has 1 aromatic carbocycles. The third kappa shape index (κ3) is 2.84. The zero-order chi connectivity index (χ0) is 14.8. The van der Waals surface area contributed by atoms with E-state index in [0.717, 1.165) is 0 Å². The highest BCUT2D eigenvalue weighted by atomic mass is 35.7. The van der Waals surface area contributed by atoms with E-state index in [-0.39, 0.29) is 4.90 Å². The summed E-state index contributed by atoms with van der Waals surface area (Å²) in [6.07, 6.45) is 1.42. The number of ether oxygens (including phenoxy) is 1. The number of benzene rings is 1. The van der Waals surface area contributed by atoms with Gasteiger partial charge in [-0.05, 0) is 30.7 Å². The highest BCUT2D eigenvalue weighted by molar-refractivity contribution is 8.14. The van der Waals surface area contributed by atoms with Gasteiger partial charge < -0.3 is 4.74 Å². The monoisotopic (exact) mass is 310 g/mol. The average Bonchev–Trinajstić information content (AvgIpc) is 2.43. The van der Waals surface area contributed by atoms with E-state index in [1.54, 1.807) is 12.1 Å².